The summed E-state index contributed by atoms with van der Waals surface area (Å²) in [6.07, 6.45) is 5.04. The van der Waals surface area contributed by atoms with Gasteiger partial charge in [-0.1, -0.05) is 12.1 Å². The molecule has 1 aromatic carbocycles. The van der Waals surface area contributed by atoms with Gasteiger partial charge in [-0.15, -0.1) is 0 Å². The summed E-state index contributed by atoms with van der Waals surface area (Å²) in [7, 11) is 0. The van der Waals surface area contributed by atoms with Crippen LogP contribution in [0.5, 0.6) is 5.75 Å². The molecule has 1 amide bonds. The maximum absolute atomic E-state index is 13.3. The van der Waals surface area contributed by atoms with Gasteiger partial charge >= 0.3 is 6.61 Å². The van der Waals surface area contributed by atoms with Crippen LogP contribution in [-0.4, -0.2) is 37.8 Å². The molecule has 2 aliphatic carbocycles. The fourth-order valence-corrected chi connectivity index (χ4v) is 6.61. The van der Waals surface area contributed by atoms with E-state index in [4.69, 9.17) is 15.6 Å². The molecule has 10 heteroatoms. The number of benzene rings is 1. The number of pyridine rings is 2. The standard InChI is InChI=1S/C28H25F2N5O3/c1-27(37)12-28(31,13-27)21-6-5-15(11-32-21)14-7-8-35-19(9-14)23-17-10-18(24(23)34-35)33-25(36)16-3-2-4-20(22(16)17)38-26(29)30/h2-9,11,17-18,26,37H,10,12-13,31H2,1H3,(H,33,36)/t17-,18-,27?,28?/m1/s1. The second kappa shape index (κ2) is 7.81. The highest BCUT2D eigenvalue weighted by molar-refractivity contribution is 5.98. The molecule has 4 heterocycles. The summed E-state index contributed by atoms with van der Waals surface area (Å²) in [4.78, 5) is 17.5. The molecule has 3 aromatic heterocycles. The predicted octanol–water partition coefficient (Wildman–Crippen LogP) is 4.02. The molecule has 7 rings (SSSR count). The Kier molecular flexibility index (Phi) is 4.78. The van der Waals surface area contributed by atoms with E-state index in [-0.39, 0.29) is 23.6 Å². The smallest absolute Gasteiger partial charge is 0.387 e. The Labute approximate surface area is 216 Å². The molecule has 1 fully saturated rings. The van der Waals surface area contributed by atoms with Crippen LogP contribution in [0.2, 0.25) is 0 Å². The Morgan fingerprint density at radius 3 is 2.71 bits per heavy atom. The second-order valence-electron chi connectivity index (χ2n) is 10.9. The monoisotopic (exact) mass is 517 g/mol. The van der Waals surface area contributed by atoms with Crippen LogP contribution in [0.4, 0.5) is 8.78 Å². The molecule has 38 heavy (non-hydrogen) atoms. The summed E-state index contributed by atoms with van der Waals surface area (Å²) < 4.78 is 33.1. The number of rotatable bonds is 4. The minimum atomic E-state index is -3.01. The lowest BCUT2D eigenvalue weighted by molar-refractivity contribution is -0.0753. The van der Waals surface area contributed by atoms with Crippen LogP contribution in [0.1, 0.15) is 71.0 Å². The summed E-state index contributed by atoms with van der Waals surface area (Å²) >= 11 is 0. The fraction of sp³-hybridized carbons (Fsp3) is 0.321. The highest BCUT2D eigenvalue weighted by Crippen LogP contribution is 2.51. The van der Waals surface area contributed by atoms with Crippen LogP contribution < -0.4 is 15.8 Å². The molecular weight excluding hydrogens is 492 g/mol. The van der Waals surface area contributed by atoms with Gasteiger partial charge in [0, 0.05) is 40.6 Å². The minimum Gasteiger partial charge on any atom is -0.434 e. The number of hydrogen-bond donors (Lipinski definition) is 3. The highest BCUT2D eigenvalue weighted by atomic mass is 19.3. The summed E-state index contributed by atoms with van der Waals surface area (Å²) in [6.45, 7) is -1.23. The number of halogens is 2. The number of nitrogens with zero attached hydrogens (tertiary/aromatic N) is 3. The van der Waals surface area contributed by atoms with E-state index in [0.717, 1.165) is 33.6 Å². The molecule has 1 saturated carbocycles. The number of hydrogen-bond acceptors (Lipinski definition) is 6. The lowest BCUT2D eigenvalue weighted by atomic mass is 9.64. The SMILES string of the molecule is CC1(O)CC(N)(c2ccc(-c3ccn4nc5c(c4c3)[C@@H]3C[C@H]5NC(=O)c4cccc(OC(F)F)c43)cn2)C1. The molecule has 1 aliphatic heterocycles. The van der Waals surface area contributed by atoms with Gasteiger partial charge < -0.3 is 20.9 Å². The van der Waals surface area contributed by atoms with Crippen LogP contribution in [0.25, 0.3) is 16.6 Å². The lowest BCUT2D eigenvalue weighted by Crippen LogP contribution is -2.58. The van der Waals surface area contributed by atoms with E-state index in [0.29, 0.717) is 30.4 Å². The second-order valence-corrected chi connectivity index (χ2v) is 10.9. The van der Waals surface area contributed by atoms with Gasteiger partial charge in [0.15, 0.2) is 0 Å². The van der Waals surface area contributed by atoms with Crippen molar-refractivity contribution in [1.82, 2.24) is 19.9 Å². The molecule has 0 saturated heterocycles. The zero-order chi connectivity index (χ0) is 26.4. The Bertz CT molecular complexity index is 1610. The van der Waals surface area contributed by atoms with E-state index < -0.39 is 17.8 Å². The van der Waals surface area contributed by atoms with E-state index >= 15 is 0 Å². The van der Waals surface area contributed by atoms with Gasteiger partial charge in [0.1, 0.15) is 5.75 Å². The van der Waals surface area contributed by atoms with E-state index in [9.17, 15) is 18.7 Å². The molecule has 4 aromatic rings. The van der Waals surface area contributed by atoms with Crippen LogP contribution in [-0.2, 0) is 5.54 Å². The molecule has 2 atom stereocenters. The van der Waals surface area contributed by atoms with E-state index in [2.05, 4.69) is 10.3 Å². The number of carbonyl (C=O) groups is 1. The number of amides is 1. The average Bonchev–Trinajstić information content (AvgIpc) is 3.34. The largest absolute Gasteiger partial charge is 0.434 e. The average molecular weight is 518 g/mol. The van der Waals surface area contributed by atoms with Gasteiger partial charge in [0.2, 0.25) is 0 Å². The van der Waals surface area contributed by atoms with Gasteiger partial charge in [0.05, 0.1) is 34.1 Å². The summed E-state index contributed by atoms with van der Waals surface area (Å²) in [5, 5.41) is 17.9. The van der Waals surface area contributed by atoms with Crippen LogP contribution in [0, 0.1) is 0 Å². The van der Waals surface area contributed by atoms with Crippen LogP contribution >= 0.6 is 0 Å². The van der Waals surface area contributed by atoms with Crippen LogP contribution in [0.15, 0.2) is 54.9 Å². The number of nitrogens with one attached hydrogen (secondary N) is 1. The first-order valence-electron chi connectivity index (χ1n) is 12.5. The summed E-state index contributed by atoms with van der Waals surface area (Å²) in [5.41, 5.74) is 10.8. The summed E-state index contributed by atoms with van der Waals surface area (Å²) in [5.74, 6) is -0.657. The van der Waals surface area contributed by atoms with Crippen molar-refractivity contribution in [3.05, 3.63) is 82.9 Å². The molecule has 194 valence electrons. The number of nitrogens with two attached hydrogens (primary N) is 1. The Hall–Kier alpha value is -3.89. The minimum absolute atomic E-state index is 0.00660. The van der Waals surface area contributed by atoms with Gasteiger partial charge in [-0.2, -0.15) is 13.9 Å². The number of carbonyl (C=O) groups excluding carboxylic acids is 1. The van der Waals surface area contributed by atoms with E-state index in [1.807, 2.05) is 30.5 Å². The maximum atomic E-state index is 13.3. The number of fused-ring (bicyclic) bond motifs is 9. The first kappa shape index (κ1) is 23.2. The van der Waals surface area contributed by atoms with Gasteiger partial charge in [-0.3, -0.25) is 9.78 Å². The first-order valence-corrected chi connectivity index (χ1v) is 12.5. The third-order valence-electron chi connectivity index (χ3n) is 8.03. The van der Waals surface area contributed by atoms with Gasteiger partial charge in [-0.05, 0) is 62.1 Å². The van der Waals surface area contributed by atoms with Crippen molar-refractivity contribution >= 4 is 11.4 Å². The first-order chi connectivity index (χ1) is 18.1. The van der Waals surface area contributed by atoms with Crippen molar-refractivity contribution in [3.63, 3.8) is 0 Å². The van der Waals surface area contributed by atoms with Crippen molar-refractivity contribution < 1.29 is 23.4 Å². The van der Waals surface area contributed by atoms with Crippen molar-refractivity contribution in [2.75, 3.05) is 0 Å². The summed E-state index contributed by atoms with van der Waals surface area (Å²) in [6, 6.07) is 12.1. The maximum Gasteiger partial charge on any atom is 0.387 e. The zero-order valence-electron chi connectivity index (χ0n) is 20.5. The third-order valence-corrected chi connectivity index (χ3v) is 8.03. The predicted molar refractivity (Wildman–Crippen MR) is 134 cm³/mol. The zero-order valence-corrected chi connectivity index (χ0v) is 20.5. The lowest BCUT2D eigenvalue weighted by Gasteiger charge is -2.48. The molecular formula is C28H25F2N5O3. The molecule has 0 radical (unpaired) electrons. The van der Waals surface area contributed by atoms with Crippen molar-refractivity contribution in [2.45, 2.75) is 55.9 Å². The van der Waals surface area contributed by atoms with Crippen molar-refractivity contribution in [3.8, 4) is 16.9 Å². The molecule has 0 unspecified atom stereocenters. The number of ether oxygens (including phenoxy) is 1. The number of alkyl halides is 2. The topological polar surface area (TPSA) is 115 Å². The van der Waals surface area contributed by atoms with Crippen LogP contribution in [0.3, 0.4) is 0 Å². The Balaban J connectivity index is 1.31. The molecule has 3 aliphatic rings. The number of aliphatic hydroxyl groups is 1. The Morgan fingerprint density at radius 2 is 2.00 bits per heavy atom. The van der Waals surface area contributed by atoms with Crippen molar-refractivity contribution in [2.24, 2.45) is 5.73 Å². The molecule has 2 bridgehead atoms. The quantitative estimate of drug-likeness (QED) is 0.377. The van der Waals surface area contributed by atoms with Gasteiger partial charge in [-0.25, -0.2) is 4.52 Å². The van der Waals surface area contributed by atoms with Gasteiger partial charge in [0.25, 0.3) is 5.91 Å². The molecule has 8 nitrogen and oxygen atoms in total. The van der Waals surface area contributed by atoms with E-state index in [1.54, 1.807) is 29.8 Å². The normalized spacial score (nSPS) is 27.5. The third kappa shape index (κ3) is 3.44. The highest BCUT2D eigenvalue weighted by Gasteiger charge is 2.50. The Morgan fingerprint density at radius 1 is 1.18 bits per heavy atom. The van der Waals surface area contributed by atoms with Crippen molar-refractivity contribution in [1.29, 1.82) is 0 Å². The molecule has 0 spiro atoms. The fourth-order valence-electron chi connectivity index (χ4n) is 6.61. The van der Waals surface area contributed by atoms with E-state index in [1.165, 1.54) is 6.07 Å². The molecule has 4 N–H and O–H groups in total. The number of aromatic nitrogens is 3.